The van der Waals surface area contributed by atoms with Gasteiger partial charge in [0.25, 0.3) is 0 Å². The van der Waals surface area contributed by atoms with E-state index >= 15 is 0 Å². The SMILES string of the molecule is CCc1cc2c(N3CCC4(CN(Cc5cn6ccccc6n5)C4)C3)ncnc2s1. The number of aryl methyl sites for hydroxylation is 1. The van der Waals surface area contributed by atoms with Crippen molar-refractivity contribution < 1.29 is 0 Å². The van der Waals surface area contributed by atoms with Gasteiger partial charge in [0.15, 0.2) is 0 Å². The van der Waals surface area contributed by atoms with E-state index in [0.717, 1.165) is 61.1 Å². The third-order valence-electron chi connectivity index (χ3n) is 6.36. The molecule has 0 unspecified atom stereocenters. The van der Waals surface area contributed by atoms with Crippen LogP contribution >= 0.6 is 11.3 Å². The molecule has 0 radical (unpaired) electrons. The van der Waals surface area contributed by atoms with Crippen LogP contribution in [-0.2, 0) is 13.0 Å². The normalized spacial score (nSPS) is 18.9. The Morgan fingerprint density at radius 2 is 2.10 bits per heavy atom. The zero-order valence-corrected chi connectivity index (χ0v) is 17.4. The lowest BCUT2D eigenvalue weighted by atomic mass is 9.79. The Hall–Kier alpha value is -2.51. The maximum atomic E-state index is 4.75. The topological polar surface area (TPSA) is 49.6 Å². The second kappa shape index (κ2) is 6.50. The van der Waals surface area contributed by atoms with E-state index in [-0.39, 0.29) is 0 Å². The van der Waals surface area contributed by atoms with Crippen molar-refractivity contribution in [1.29, 1.82) is 0 Å². The number of rotatable bonds is 4. The lowest BCUT2D eigenvalue weighted by Gasteiger charge is -2.47. The van der Waals surface area contributed by atoms with Gasteiger partial charge < -0.3 is 9.30 Å². The fourth-order valence-electron chi connectivity index (χ4n) is 5.00. The smallest absolute Gasteiger partial charge is 0.140 e. The van der Waals surface area contributed by atoms with Gasteiger partial charge in [-0.3, -0.25) is 4.90 Å². The molecule has 6 rings (SSSR count). The highest BCUT2D eigenvalue weighted by Gasteiger charge is 2.48. The number of pyridine rings is 1. The Bertz CT molecular complexity index is 1160. The molecule has 0 amide bonds. The third kappa shape index (κ3) is 2.91. The fraction of sp³-hybridized carbons (Fsp3) is 0.409. The van der Waals surface area contributed by atoms with Crippen LogP contribution < -0.4 is 4.90 Å². The average Bonchev–Trinajstić information content (AvgIpc) is 3.42. The minimum absolute atomic E-state index is 0.403. The van der Waals surface area contributed by atoms with E-state index in [1.807, 2.05) is 12.1 Å². The van der Waals surface area contributed by atoms with Crippen molar-refractivity contribution >= 4 is 33.0 Å². The van der Waals surface area contributed by atoms with Gasteiger partial charge in [-0.25, -0.2) is 15.0 Å². The van der Waals surface area contributed by atoms with E-state index in [1.165, 1.54) is 16.7 Å². The number of thiophene rings is 1. The molecule has 2 fully saturated rings. The standard InChI is InChI=1S/C22H24N6S/c1-2-17-9-18-20(23-15-24-21(18)29-17)28-8-6-22(14-28)12-26(13-22)10-16-11-27-7-4-3-5-19(27)25-16/h3-5,7,9,11,15H,2,6,8,10,12-14H2,1H3. The molecule has 6 heterocycles. The van der Waals surface area contributed by atoms with Crippen molar-refractivity contribution in [3.8, 4) is 0 Å². The summed E-state index contributed by atoms with van der Waals surface area (Å²) < 4.78 is 2.11. The first-order chi connectivity index (χ1) is 14.2. The van der Waals surface area contributed by atoms with Crippen LogP contribution in [0.1, 0.15) is 23.9 Å². The first-order valence-electron chi connectivity index (χ1n) is 10.3. The van der Waals surface area contributed by atoms with Crippen molar-refractivity contribution in [1.82, 2.24) is 24.3 Å². The second-order valence-corrected chi connectivity index (χ2v) is 9.61. The van der Waals surface area contributed by atoms with Crippen LogP contribution in [0.15, 0.2) is 43.0 Å². The number of likely N-dealkylation sites (tertiary alicyclic amines) is 1. The van der Waals surface area contributed by atoms with E-state index in [1.54, 1.807) is 17.7 Å². The Morgan fingerprint density at radius 1 is 1.17 bits per heavy atom. The molecule has 148 valence electrons. The zero-order valence-electron chi connectivity index (χ0n) is 16.6. The summed E-state index contributed by atoms with van der Waals surface area (Å²) in [6.45, 7) is 7.62. The van der Waals surface area contributed by atoms with Crippen molar-refractivity contribution in [3.63, 3.8) is 0 Å². The highest BCUT2D eigenvalue weighted by Crippen LogP contribution is 2.43. The Kier molecular flexibility index (Phi) is 3.89. The number of nitrogens with zero attached hydrogens (tertiary/aromatic N) is 6. The summed E-state index contributed by atoms with van der Waals surface area (Å²) >= 11 is 1.80. The number of hydrogen-bond donors (Lipinski definition) is 0. The summed E-state index contributed by atoms with van der Waals surface area (Å²) in [4.78, 5) is 21.4. The van der Waals surface area contributed by atoms with Gasteiger partial charge in [-0.05, 0) is 31.0 Å². The largest absolute Gasteiger partial charge is 0.355 e. The van der Waals surface area contributed by atoms with E-state index in [0.29, 0.717) is 5.41 Å². The zero-order chi connectivity index (χ0) is 19.4. The molecule has 0 saturated carbocycles. The quantitative estimate of drug-likeness (QED) is 0.520. The molecule has 6 nitrogen and oxygen atoms in total. The number of aromatic nitrogens is 4. The van der Waals surface area contributed by atoms with Crippen LogP contribution in [0.4, 0.5) is 5.82 Å². The Morgan fingerprint density at radius 3 is 2.97 bits per heavy atom. The molecule has 0 aliphatic carbocycles. The molecule has 2 saturated heterocycles. The van der Waals surface area contributed by atoms with Crippen LogP contribution in [-0.4, -0.2) is 50.4 Å². The van der Waals surface area contributed by atoms with Crippen LogP contribution in [0.5, 0.6) is 0 Å². The van der Waals surface area contributed by atoms with Gasteiger partial charge in [-0.15, -0.1) is 11.3 Å². The van der Waals surface area contributed by atoms with Gasteiger partial charge in [0.2, 0.25) is 0 Å². The molecule has 2 aliphatic heterocycles. The molecule has 0 bridgehead atoms. The minimum Gasteiger partial charge on any atom is -0.355 e. The molecule has 0 aromatic carbocycles. The predicted molar refractivity (Wildman–Crippen MR) is 117 cm³/mol. The fourth-order valence-corrected chi connectivity index (χ4v) is 5.93. The van der Waals surface area contributed by atoms with Crippen LogP contribution in [0.25, 0.3) is 15.9 Å². The van der Waals surface area contributed by atoms with Crippen molar-refractivity contribution in [2.75, 3.05) is 31.1 Å². The van der Waals surface area contributed by atoms with Crippen LogP contribution in [0.2, 0.25) is 0 Å². The van der Waals surface area contributed by atoms with E-state index in [9.17, 15) is 0 Å². The van der Waals surface area contributed by atoms with Crippen molar-refractivity contribution in [2.45, 2.75) is 26.3 Å². The van der Waals surface area contributed by atoms with Crippen molar-refractivity contribution in [3.05, 3.63) is 53.6 Å². The maximum absolute atomic E-state index is 4.75. The van der Waals surface area contributed by atoms with Gasteiger partial charge in [0, 0.05) is 55.4 Å². The van der Waals surface area contributed by atoms with Gasteiger partial charge in [0.1, 0.15) is 22.6 Å². The van der Waals surface area contributed by atoms with E-state index in [2.05, 4.69) is 55.6 Å². The number of hydrogen-bond acceptors (Lipinski definition) is 6. The molecule has 4 aromatic rings. The lowest BCUT2D eigenvalue weighted by Crippen LogP contribution is -2.56. The summed E-state index contributed by atoms with van der Waals surface area (Å²) in [5.41, 5.74) is 2.59. The molecule has 4 aromatic heterocycles. The van der Waals surface area contributed by atoms with Gasteiger partial charge in [-0.2, -0.15) is 0 Å². The van der Waals surface area contributed by atoms with E-state index in [4.69, 9.17) is 4.98 Å². The van der Waals surface area contributed by atoms with E-state index < -0.39 is 0 Å². The Balaban J connectivity index is 1.15. The maximum Gasteiger partial charge on any atom is 0.140 e. The summed E-state index contributed by atoms with van der Waals surface area (Å²) in [6.07, 6.45) is 8.25. The molecule has 0 N–H and O–H groups in total. The predicted octanol–water partition coefficient (Wildman–Crippen LogP) is 3.61. The first kappa shape index (κ1) is 17.4. The molecule has 2 aliphatic rings. The third-order valence-corrected chi connectivity index (χ3v) is 7.55. The van der Waals surface area contributed by atoms with Crippen LogP contribution in [0.3, 0.4) is 0 Å². The molecule has 1 spiro atoms. The molecule has 29 heavy (non-hydrogen) atoms. The molecular formula is C22H24N6S. The van der Waals surface area contributed by atoms with Crippen molar-refractivity contribution in [2.24, 2.45) is 5.41 Å². The number of imidazole rings is 1. The van der Waals surface area contributed by atoms with Crippen LogP contribution in [0, 0.1) is 5.41 Å². The molecular weight excluding hydrogens is 380 g/mol. The summed E-state index contributed by atoms with van der Waals surface area (Å²) in [5.74, 6) is 1.13. The van der Waals surface area contributed by atoms with Gasteiger partial charge >= 0.3 is 0 Å². The molecule has 7 heteroatoms. The molecule has 0 atom stereocenters. The average molecular weight is 405 g/mol. The monoisotopic (exact) mass is 404 g/mol. The number of fused-ring (bicyclic) bond motifs is 2. The number of anilines is 1. The second-order valence-electron chi connectivity index (χ2n) is 8.50. The van der Waals surface area contributed by atoms with Gasteiger partial charge in [-0.1, -0.05) is 13.0 Å². The lowest BCUT2D eigenvalue weighted by molar-refractivity contribution is 0.0109. The Labute approximate surface area is 173 Å². The summed E-state index contributed by atoms with van der Waals surface area (Å²) in [6, 6.07) is 8.44. The first-order valence-corrected chi connectivity index (χ1v) is 11.2. The van der Waals surface area contributed by atoms with Gasteiger partial charge in [0.05, 0.1) is 11.1 Å². The highest BCUT2D eigenvalue weighted by atomic mass is 32.1. The summed E-state index contributed by atoms with van der Waals surface area (Å²) in [7, 11) is 0. The summed E-state index contributed by atoms with van der Waals surface area (Å²) in [5, 5.41) is 1.23. The highest BCUT2D eigenvalue weighted by molar-refractivity contribution is 7.18. The minimum atomic E-state index is 0.403.